The van der Waals surface area contributed by atoms with Gasteiger partial charge in [-0.15, -0.1) is 0 Å². The number of aromatic hydroxyl groups is 1. The van der Waals surface area contributed by atoms with Crippen molar-refractivity contribution in [2.24, 2.45) is 27.6 Å². The van der Waals surface area contributed by atoms with Gasteiger partial charge in [0.2, 0.25) is 0 Å². The zero-order chi connectivity index (χ0) is 17.6. The number of hydrogen-bond acceptors (Lipinski definition) is 5. The Balaban J connectivity index is 1.77. The van der Waals surface area contributed by atoms with Gasteiger partial charge >= 0.3 is 0 Å². The minimum Gasteiger partial charge on any atom is -0.508 e. The van der Waals surface area contributed by atoms with Gasteiger partial charge in [-0.3, -0.25) is 0 Å². The third-order valence-corrected chi connectivity index (χ3v) is 6.76. The number of fused-ring (bicyclic) bond motifs is 5. The number of oxime groups is 2. The number of phenolic OH excluding ortho intramolecular Hbond substituents is 1. The molecule has 0 aliphatic heterocycles. The molecule has 1 N–H and O–H groups in total. The summed E-state index contributed by atoms with van der Waals surface area (Å²) in [5.41, 5.74) is 4.67. The number of nitrogens with zero attached hydrogens (tertiary/aromatic N) is 2. The largest absolute Gasteiger partial charge is 0.508 e. The SMILES string of the molecule is CON=C1C[C@@H]2[C@H](CC[C@]3(C)C(=NOC)CC[C@@H]23)c2ccc(O)cc21. The summed E-state index contributed by atoms with van der Waals surface area (Å²) in [6.45, 7) is 2.36. The lowest BCUT2D eigenvalue weighted by Gasteiger charge is -2.48. The molecule has 2 saturated carbocycles. The van der Waals surface area contributed by atoms with E-state index in [-0.39, 0.29) is 11.2 Å². The van der Waals surface area contributed by atoms with Crippen LogP contribution in [0.5, 0.6) is 5.75 Å². The maximum atomic E-state index is 9.93. The smallest absolute Gasteiger partial charge is 0.116 e. The standard InChI is InChI=1S/C20H26N2O3/c1-20-9-8-14-13-5-4-12(23)10-16(13)18(21-24-2)11-15(14)17(20)6-7-19(20)22-25-3/h4-5,10,14-15,17,23H,6-9,11H2,1-3H3/t14-,15-,17+,20+/m1/s1. The predicted molar refractivity (Wildman–Crippen MR) is 97.0 cm³/mol. The second-order valence-corrected chi connectivity index (χ2v) is 7.79. The molecular formula is C20H26N2O3. The van der Waals surface area contributed by atoms with Gasteiger partial charge in [0.05, 0.1) is 11.4 Å². The number of hydrogen-bond donors (Lipinski definition) is 1. The van der Waals surface area contributed by atoms with Crippen LogP contribution in [-0.2, 0) is 9.68 Å². The molecule has 0 radical (unpaired) electrons. The second-order valence-electron chi connectivity index (χ2n) is 7.79. The molecular weight excluding hydrogens is 316 g/mol. The topological polar surface area (TPSA) is 63.4 Å². The molecule has 25 heavy (non-hydrogen) atoms. The average Bonchev–Trinajstić information content (AvgIpc) is 2.93. The molecule has 3 aliphatic carbocycles. The molecule has 4 atom stereocenters. The highest BCUT2D eigenvalue weighted by atomic mass is 16.6. The third kappa shape index (κ3) is 2.43. The van der Waals surface area contributed by atoms with Crippen molar-refractivity contribution >= 4 is 11.4 Å². The maximum absolute atomic E-state index is 9.93. The van der Waals surface area contributed by atoms with Gasteiger partial charge in [-0.25, -0.2) is 0 Å². The van der Waals surface area contributed by atoms with Crippen molar-refractivity contribution in [3.8, 4) is 5.75 Å². The Morgan fingerprint density at radius 2 is 1.96 bits per heavy atom. The molecule has 0 unspecified atom stereocenters. The van der Waals surface area contributed by atoms with Gasteiger partial charge in [-0.2, -0.15) is 0 Å². The Bertz CT molecular complexity index is 742. The van der Waals surface area contributed by atoms with Crippen LogP contribution in [0.3, 0.4) is 0 Å². The van der Waals surface area contributed by atoms with Gasteiger partial charge in [0, 0.05) is 11.0 Å². The van der Waals surface area contributed by atoms with Crippen molar-refractivity contribution in [3.05, 3.63) is 29.3 Å². The molecule has 4 rings (SSSR count). The molecule has 1 aromatic rings. The quantitative estimate of drug-likeness (QED) is 0.825. The van der Waals surface area contributed by atoms with E-state index in [0.717, 1.165) is 43.4 Å². The first-order valence-electron chi connectivity index (χ1n) is 9.12. The van der Waals surface area contributed by atoms with Gasteiger partial charge in [-0.05, 0) is 67.6 Å². The van der Waals surface area contributed by atoms with Gasteiger partial charge in [0.1, 0.15) is 20.0 Å². The third-order valence-electron chi connectivity index (χ3n) is 6.76. The Labute approximate surface area is 148 Å². The van der Waals surface area contributed by atoms with E-state index in [2.05, 4.69) is 23.3 Å². The average molecular weight is 342 g/mol. The van der Waals surface area contributed by atoms with E-state index in [0.29, 0.717) is 17.8 Å². The van der Waals surface area contributed by atoms with Crippen LogP contribution in [0.4, 0.5) is 0 Å². The second kappa shape index (κ2) is 6.04. The lowest BCUT2D eigenvalue weighted by Crippen LogP contribution is -2.43. The van der Waals surface area contributed by atoms with E-state index in [1.165, 1.54) is 11.3 Å². The van der Waals surface area contributed by atoms with E-state index in [4.69, 9.17) is 9.68 Å². The van der Waals surface area contributed by atoms with Crippen LogP contribution >= 0.6 is 0 Å². The first-order chi connectivity index (χ1) is 12.1. The van der Waals surface area contributed by atoms with Crippen LogP contribution in [0.25, 0.3) is 0 Å². The van der Waals surface area contributed by atoms with Crippen LogP contribution in [0.15, 0.2) is 28.5 Å². The molecule has 2 fully saturated rings. The fraction of sp³-hybridized carbons (Fsp3) is 0.600. The normalized spacial score (nSPS) is 36.7. The maximum Gasteiger partial charge on any atom is 0.116 e. The van der Waals surface area contributed by atoms with Gasteiger partial charge < -0.3 is 14.8 Å². The Morgan fingerprint density at radius 1 is 1.16 bits per heavy atom. The zero-order valence-corrected chi connectivity index (χ0v) is 15.2. The van der Waals surface area contributed by atoms with Crippen molar-refractivity contribution in [1.29, 1.82) is 0 Å². The first-order valence-corrected chi connectivity index (χ1v) is 9.12. The van der Waals surface area contributed by atoms with Crippen molar-refractivity contribution < 1.29 is 14.8 Å². The number of benzene rings is 1. The van der Waals surface area contributed by atoms with Gasteiger partial charge in [0.25, 0.3) is 0 Å². The molecule has 0 heterocycles. The van der Waals surface area contributed by atoms with Gasteiger partial charge in [0.15, 0.2) is 0 Å². The van der Waals surface area contributed by atoms with E-state index in [1.807, 2.05) is 6.07 Å². The molecule has 3 aliphatic rings. The molecule has 0 bridgehead atoms. The minimum atomic E-state index is 0.129. The number of phenols is 1. The molecule has 0 saturated heterocycles. The van der Waals surface area contributed by atoms with Gasteiger partial charge in [-0.1, -0.05) is 23.3 Å². The summed E-state index contributed by atoms with van der Waals surface area (Å²) in [6, 6.07) is 5.71. The van der Waals surface area contributed by atoms with Crippen LogP contribution in [-0.4, -0.2) is 30.7 Å². The molecule has 134 valence electrons. The number of rotatable bonds is 2. The fourth-order valence-corrected chi connectivity index (χ4v) is 5.65. The van der Waals surface area contributed by atoms with Crippen LogP contribution in [0.1, 0.15) is 56.1 Å². The summed E-state index contributed by atoms with van der Waals surface area (Å²) in [6.07, 6.45) is 5.36. The van der Waals surface area contributed by atoms with E-state index >= 15 is 0 Å². The summed E-state index contributed by atoms with van der Waals surface area (Å²) >= 11 is 0. The van der Waals surface area contributed by atoms with Crippen LogP contribution in [0, 0.1) is 17.3 Å². The molecule has 1 aromatic carbocycles. The highest BCUT2D eigenvalue weighted by Gasteiger charge is 2.54. The summed E-state index contributed by atoms with van der Waals surface area (Å²) in [5.74, 6) is 1.93. The highest BCUT2D eigenvalue weighted by Crippen LogP contribution is 2.60. The summed E-state index contributed by atoms with van der Waals surface area (Å²) in [7, 11) is 3.23. The van der Waals surface area contributed by atoms with E-state index in [1.54, 1.807) is 20.3 Å². The lowest BCUT2D eigenvalue weighted by molar-refractivity contribution is 0.105. The predicted octanol–water partition coefficient (Wildman–Crippen LogP) is 4.06. The molecule has 0 amide bonds. The highest BCUT2D eigenvalue weighted by molar-refractivity contribution is 6.03. The molecule has 0 aromatic heterocycles. The van der Waals surface area contributed by atoms with Crippen LogP contribution < -0.4 is 0 Å². The Kier molecular flexibility index (Phi) is 3.97. The molecule has 0 spiro atoms. The Morgan fingerprint density at radius 3 is 2.72 bits per heavy atom. The van der Waals surface area contributed by atoms with Crippen molar-refractivity contribution in [1.82, 2.24) is 0 Å². The van der Waals surface area contributed by atoms with Crippen molar-refractivity contribution in [3.63, 3.8) is 0 Å². The lowest BCUT2D eigenvalue weighted by atomic mass is 9.55. The Hall–Kier alpha value is -2.04. The fourth-order valence-electron chi connectivity index (χ4n) is 5.65. The summed E-state index contributed by atoms with van der Waals surface area (Å²) in [4.78, 5) is 10.2. The molecule has 5 heteroatoms. The summed E-state index contributed by atoms with van der Waals surface area (Å²) in [5, 5.41) is 18.6. The van der Waals surface area contributed by atoms with Crippen molar-refractivity contribution in [2.45, 2.75) is 44.9 Å². The summed E-state index contributed by atoms with van der Waals surface area (Å²) < 4.78 is 0. The first kappa shape index (κ1) is 16.4. The molecule has 5 nitrogen and oxygen atoms in total. The monoisotopic (exact) mass is 342 g/mol. The van der Waals surface area contributed by atoms with E-state index < -0.39 is 0 Å². The van der Waals surface area contributed by atoms with E-state index in [9.17, 15) is 5.11 Å². The van der Waals surface area contributed by atoms with Crippen molar-refractivity contribution in [2.75, 3.05) is 14.2 Å². The zero-order valence-electron chi connectivity index (χ0n) is 15.2. The minimum absolute atomic E-state index is 0.129. The van der Waals surface area contributed by atoms with Crippen LogP contribution in [0.2, 0.25) is 0 Å².